The quantitative estimate of drug-likeness (QED) is 0.871. The summed E-state index contributed by atoms with van der Waals surface area (Å²) in [6.07, 6.45) is 1.72. The summed E-state index contributed by atoms with van der Waals surface area (Å²) in [6, 6.07) is 6.87. The molecular formula is C15H21ClN2O3S. The van der Waals surface area contributed by atoms with Gasteiger partial charge in [-0.05, 0) is 50.6 Å². The highest BCUT2D eigenvalue weighted by molar-refractivity contribution is 7.92. The summed E-state index contributed by atoms with van der Waals surface area (Å²) in [5.74, 6) is -0.427. The maximum atomic E-state index is 12.7. The Bertz CT molecular complexity index is 655. The Morgan fingerprint density at radius 3 is 2.55 bits per heavy atom. The van der Waals surface area contributed by atoms with E-state index in [-0.39, 0.29) is 6.04 Å². The van der Waals surface area contributed by atoms with Crippen LogP contribution in [0.3, 0.4) is 0 Å². The van der Waals surface area contributed by atoms with Gasteiger partial charge in [0.15, 0.2) is 14.6 Å². The average Bonchev–Trinajstić information content (AvgIpc) is 2.46. The first-order valence-electron chi connectivity index (χ1n) is 7.23. The van der Waals surface area contributed by atoms with Crippen LogP contribution in [0.4, 0.5) is 0 Å². The zero-order valence-corrected chi connectivity index (χ0v) is 14.3. The van der Waals surface area contributed by atoms with E-state index >= 15 is 0 Å². The van der Waals surface area contributed by atoms with E-state index in [0.717, 1.165) is 11.8 Å². The Morgan fingerprint density at radius 2 is 2.00 bits per heavy atom. The number of sulfone groups is 1. The lowest BCUT2D eigenvalue weighted by Crippen LogP contribution is -2.57. The van der Waals surface area contributed by atoms with Gasteiger partial charge in [0.25, 0.3) is 0 Å². The third-order valence-electron chi connectivity index (χ3n) is 4.23. The lowest BCUT2D eigenvalue weighted by Gasteiger charge is -2.35. The van der Waals surface area contributed by atoms with Crippen molar-refractivity contribution in [3.05, 3.63) is 34.9 Å². The predicted octanol–water partition coefficient (Wildman–Crippen LogP) is 1.68. The molecule has 0 spiro atoms. The van der Waals surface area contributed by atoms with Gasteiger partial charge in [0.05, 0.1) is 6.04 Å². The molecule has 0 radical (unpaired) electrons. The lowest BCUT2D eigenvalue weighted by molar-refractivity contribution is -0.125. The predicted molar refractivity (Wildman–Crippen MR) is 87.7 cm³/mol. The van der Waals surface area contributed by atoms with Crippen molar-refractivity contribution in [2.45, 2.75) is 30.6 Å². The van der Waals surface area contributed by atoms with E-state index < -0.39 is 20.5 Å². The van der Waals surface area contributed by atoms with Crippen molar-refractivity contribution in [1.29, 1.82) is 0 Å². The van der Waals surface area contributed by atoms with E-state index in [0.29, 0.717) is 31.0 Å². The highest BCUT2D eigenvalue weighted by atomic mass is 35.5. The fourth-order valence-electron chi connectivity index (χ4n) is 2.78. The SMILES string of the molecule is CC(NC(=O)C1(S(C)(=O)=O)CCNCC1)c1cccc(Cl)c1. The molecule has 0 aliphatic carbocycles. The highest BCUT2D eigenvalue weighted by Crippen LogP contribution is 2.29. The number of rotatable bonds is 4. The first-order valence-corrected chi connectivity index (χ1v) is 9.50. The molecule has 0 aromatic heterocycles. The summed E-state index contributed by atoms with van der Waals surface area (Å²) in [5.41, 5.74) is 0.846. The summed E-state index contributed by atoms with van der Waals surface area (Å²) in [4.78, 5) is 12.7. The maximum absolute atomic E-state index is 12.7. The summed E-state index contributed by atoms with van der Waals surface area (Å²) >= 11 is 5.96. The largest absolute Gasteiger partial charge is 0.348 e. The Kier molecular flexibility index (Phi) is 5.14. The number of hydrogen-bond donors (Lipinski definition) is 2. The standard InChI is InChI=1S/C15H21ClN2O3S/c1-11(12-4-3-5-13(16)10-12)18-14(19)15(22(2,20)21)6-8-17-9-7-15/h3-5,10-11,17H,6-9H2,1-2H3,(H,18,19). The molecule has 1 aliphatic heterocycles. The van der Waals surface area contributed by atoms with Gasteiger partial charge in [0.2, 0.25) is 5.91 Å². The van der Waals surface area contributed by atoms with E-state index in [4.69, 9.17) is 11.6 Å². The zero-order valence-electron chi connectivity index (χ0n) is 12.7. The molecule has 1 aliphatic rings. The molecule has 1 aromatic rings. The third kappa shape index (κ3) is 3.45. The molecule has 1 aromatic carbocycles. The summed E-state index contributed by atoms with van der Waals surface area (Å²) in [7, 11) is -3.50. The van der Waals surface area contributed by atoms with Crippen molar-refractivity contribution in [1.82, 2.24) is 10.6 Å². The molecule has 1 heterocycles. The van der Waals surface area contributed by atoms with Crippen LogP contribution >= 0.6 is 11.6 Å². The van der Waals surface area contributed by atoms with Crippen LogP contribution in [-0.4, -0.2) is 38.4 Å². The van der Waals surface area contributed by atoms with Gasteiger partial charge in [-0.3, -0.25) is 4.79 Å². The summed E-state index contributed by atoms with van der Waals surface area (Å²) in [5, 5.41) is 6.51. The van der Waals surface area contributed by atoms with E-state index in [1.54, 1.807) is 18.2 Å². The van der Waals surface area contributed by atoms with E-state index in [2.05, 4.69) is 10.6 Å². The minimum Gasteiger partial charge on any atom is -0.348 e. The highest BCUT2D eigenvalue weighted by Gasteiger charge is 2.48. The van der Waals surface area contributed by atoms with Crippen molar-refractivity contribution in [3.8, 4) is 0 Å². The molecule has 0 saturated carbocycles. The Balaban J connectivity index is 2.22. The van der Waals surface area contributed by atoms with Crippen LogP contribution in [0.25, 0.3) is 0 Å². The Hall–Kier alpha value is -1.11. The summed E-state index contributed by atoms with van der Waals surface area (Å²) < 4.78 is 23.1. The van der Waals surface area contributed by atoms with Gasteiger partial charge in [-0.2, -0.15) is 0 Å². The van der Waals surface area contributed by atoms with Gasteiger partial charge in [0, 0.05) is 11.3 Å². The van der Waals surface area contributed by atoms with Crippen LogP contribution in [0.2, 0.25) is 5.02 Å². The third-order valence-corrected chi connectivity index (χ3v) is 6.48. The van der Waals surface area contributed by atoms with Gasteiger partial charge in [-0.15, -0.1) is 0 Å². The molecule has 1 saturated heterocycles. The van der Waals surface area contributed by atoms with Crippen molar-refractivity contribution < 1.29 is 13.2 Å². The van der Waals surface area contributed by atoms with Crippen LogP contribution in [0.5, 0.6) is 0 Å². The van der Waals surface area contributed by atoms with E-state index in [1.807, 2.05) is 13.0 Å². The first kappa shape index (κ1) is 17.2. The topological polar surface area (TPSA) is 75.3 Å². The van der Waals surface area contributed by atoms with Crippen molar-refractivity contribution in [2.75, 3.05) is 19.3 Å². The smallest absolute Gasteiger partial charge is 0.242 e. The molecule has 7 heteroatoms. The lowest BCUT2D eigenvalue weighted by atomic mass is 9.95. The number of nitrogens with one attached hydrogen (secondary N) is 2. The second-order valence-electron chi connectivity index (χ2n) is 5.77. The van der Waals surface area contributed by atoms with E-state index in [9.17, 15) is 13.2 Å². The van der Waals surface area contributed by atoms with Crippen LogP contribution < -0.4 is 10.6 Å². The molecule has 1 fully saturated rings. The van der Waals surface area contributed by atoms with E-state index in [1.165, 1.54) is 0 Å². The average molecular weight is 345 g/mol. The van der Waals surface area contributed by atoms with Crippen molar-refractivity contribution in [2.24, 2.45) is 0 Å². The van der Waals surface area contributed by atoms with Gasteiger partial charge in [-0.1, -0.05) is 23.7 Å². The fourth-order valence-corrected chi connectivity index (χ4v) is 4.32. The van der Waals surface area contributed by atoms with Crippen LogP contribution in [0.1, 0.15) is 31.4 Å². The molecule has 1 atom stereocenters. The Morgan fingerprint density at radius 1 is 1.36 bits per heavy atom. The van der Waals surface area contributed by atoms with Gasteiger partial charge in [-0.25, -0.2) is 8.42 Å². The van der Waals surface area contributed by atoms with Gasteiger partial charge < -0.3 is 10.6 Å². The molecule has 2 N–H and O–H groups in total. The molecule has 5 nitrogen and oxygen atoms in total. The minimum atomic E-state index is -3.50. The second-order valence-corrected chi connectivity index (χ2v) is 8.53. The molecule has 0 bridgehead atoms. The number of hydrogen-bond acceptors (Lipinski definition) is 4. The number of amides is 1. The molecule has 1 unspecified atom stereocenters. The van der Waals surface area contributed by atoms with Gasteiger partial charge in [0.1, 0.15) is 0 Å². The number of piperidine rings is 1. The first-order chi connectivity index (χ1) is 10.3. The van der Waals surface area contributed by atoms with Crippen molar-refractivity contribution >= 4 is 27.3 Å². The number of benzene rings is 1. The minimum absolute atomic E-state index is 0.292. The Labute approximate surface area is 136 Å². The fraction of sp³-hybridized carbons (Fsp3) is 0.533. The molecule has 122 valence electrons. The molecule has 2 rings (SSSR count). The number of carbonyl (C=O) groups is 1. The van der Waals surface area contributed by atoms with Crippen LogP contribution in [-0.2, 0) is 14.6 Å². The van der Waals surface area contributed by atoms with Gasteiger partial charge >= 0.3 is 0 Å². The normalized spacial score (nSPS) is 19.4. The molecule has 1 amide bonds. The molecule has 22 heavy (non-hydrogen) atoms. The van der Waals surface area contributed by atoms with Crippen molar-refractivity contribution in [3.63, 3.8) is 0 Å². The maximum Gasteiger partial charge on any atom is 0.242 e. The number of carbonyl (C=O) groups excluding carboxylic acids is 1. The molecular weight excluding hydrogens is 324 g/mol. The van der Waals surface area contributed by atoms with Crippen LogP contribution in [0.15, 0.2) is 24.3 Å². The number of halogens is 1. The van der Waals surface area contributed by atoms with Crippen LogP contribution in [0, 0.1) is 0 Å². The summed E-state index contributed by atoms with van der Waals surface area (Å²) in [6.45, 7) is 2.86. The zero-order chi connectivity index (χ0) is 16.4. The second kappa shape index (κ2) is 6.56. The monoisotopic (exact) mass is 344 g/mol.